The summed E-state index contributed by atoms with van der Waals surface area (Å²) in [6.45, 7) is 0.123. The standard InChI is InChI=1S/C20H17BrN2O4/c1-26-19(24)13-27-18-8-7-15(10-17(18)21)9-16(11-22)20(25)23-12-14-5-3-2-4-6-14/h2-10H,12-13H2,1H3,(H,23,25)/b16-9-. The van der Waals surface area contributed by atoms with Crippen LogP contribution in [0, 0.1) is 11.3 Å². The van der Waals surface area contributed by atoms with Gasteiger partial charge in [0.05, 0.1) is 11.6 Å². The van der Waals surface area contributed by atoms with Crippen LogP contribution in [0.5, 0.6) is 5.75 Å². The van der Waals surface area contributed by atoms with Crippen LogP contribution in [0.4, 0.5) is 0 Å². The summed E-state index contributed by atoms with van der Waals surface area (Å²) in [4.78, 5) is 23.4. The molecule has 0 fully saturated rings. The van der Waals surface area contributed by atoms with Gasteiger partial charge in [-0.25, -0.2) is 4.79 Å². The van der Waals surface area contributed by atoms with Crippen molar-refractivity contribution in [1.29, 1.82) is 5.26 Å². The largest absolute Gasteiger partial charge is 0.481 e. The van der Waals surface area contributed by atoms with E-state index in [9.17, 15) is 14.9 Å². The number of nitrogens with one attached hydrogen (secondary N) is 1. The SMILES string of the molecule is COC(=O)COc1ccc(/C=C(/C#N)C(=O)NCc2ccccc2)cc1Br. The molecule has 0 aromatic heterocycles. The van der Waals surface area contributed by atoms with Gasteiger partial charge in [0.1, 0.15) is 17.4 Å². The van der Waals surface area contributed by atoms with E-state index in [1.807, 2.05) is 36.4 Å². The molecule has 0 atom stereocenters. The van der Waals surface area contributed by atoms with E-state index in [4.69, 9.17) is 4.74 Å². The zero-order valence-electron chi connectivity index (χ0n) is 14.6. The Bertz CT molecular complexity index is 889. The van der Waals surface area contributed by atoms with Crippen molar-refractivity contribution in [2.45, 2.75) is 6.54 Å². The predicted octanol–water partition coefficient (Wildman–Crippen LogP) is 3.22. The smallest absolute Gasteiger partial charge is 0.343 e. The summed E-state index contributed by atoms with van der Waals surface area (Å²) in [5, 5.41) is 12.0. The fourth-order valence-electron chi connectivity index (χ4n) is 2.11. The molecule has 2 aromatic carbocycles. The topological polar surface area (TPSA) is 88.4 Å². The van der Waals surface area contributed by atoms with E-state index < -0.39 is 11.9 Å². The van der Waals surface area contributed by atoms with Gasteiger partial charge in [-0.2, -0.15) is 5.26 Å². The van der Waals surface area contributed by atoms with Crippen molar-refractivity contribution in [2.75, 3.05) is 13.7 Å². The Labute approximate surface area is 165 Å². The number of carbonyl (C=O) groups is 2. The lowest BCUT2D eigenvalue weighted by Crippen LogP contribution is -2.23. The van der Waals surface area contributed by atoms with E-state index in [0.717, 1.165) is 5.56 Å². The van der Waals surface area contributed by atoms with Crippen LogP contribution in [0.15, 0.2) is 58.6 Å². The summed E-state index contributed by atoms with van der Waals surface area (Å²) in [6.07, 6.45) is 1.48. The number of hydrogen-bond donors (Lipinski definition) is 1. The predicted molar refractivity (Wildman–Crippen MR) is 104 cm³/mol. The third kappa shape index (κ3) is 6.28. The molecule has 1 N–H and O–H groups in total. The van der Waals surface area contributed by atoms with Gasteiger partial charge < -0.3 is 14.8 Å². The maximum atomic E-state index is 12.2. The van der Waals surface area contributed by atoms with E-state index in [2.05, 4.69) is 26.0 Å². The second kappa shape index (κ2) is 10.1. The average molecular weight is 429 g/mol. The first-order chi connectivity index (χ1) is 13.0. The van der Waals surface area contributed by atoms with Crippen LogP contribution >= 0.6 is 15.9 Å². The third-order valence-corrected chi connectivity index (χ3v) is 4.12. The van der Waals surface area contributed by atoms with Crippen molar-refractivity contribution in [1.82, 2.24) is 5.32 Å². The molecule has 2 aromatic rings. The highest BCUT2D eigenvalue weighted by molar-refractivity contribution is 9.10. The highest BCUT2D eigenvalue weighted by Crippen LogP contribution is 2.27. The molecule has 0 aliphatic carbocycles. The number of rotatable bonds is 7. The molecule has 6 nitrogen and oxygen atoms in total. The number of nitrogens with zero attached hydrogens (tertiary/aromatic N) is 1. The lowest BCUT2D eigenvalue weighted by atomic mass is 10.1. The van der Waals surface area contributed by atoms with Crippen molar-refractivity contribution < 1.29 is 19.1 Å². The molecule has 0 spiro atoms. The van der Waals surface area contributed by atoms with E-state index in [1.54, 1.807) is 18.2 Å². The second-order valence-corrected chi connectivity index (χ2v) is 6.25. The first-order valence-corrected chi connectivity index (χ1v) is 8.76. The summed E-state index contributed by atoms with van der Waals surface area (Å²) in [6, 6.07) is 16.3. The Hall–Kier alpha value is -3.11. The normalized spacial score (nSPS) is 10.6. The fourth-order valence-corrected chi connectivity index (χ4v) is 2.62. The molecule has 0 aliphatic rings. The number of benzene rings is 2. The van der Waals surface area contributed by atoms with Crippen molar-refractivity contribution >= 4 is 33.9 Å². The maximum absolute atomic E-state index is 12.2. The lowest BCUT2D eigenvalue weighted by molar-refractivity contribution is -0.142. The van der Waals surface area contributed by atoms with Gasteiger partial charge in [-0.05, 0) is 45.3 Å². The Balaban J connectivity index is 2.05. The van der Waals surface area contributed by atoms with Gasteiger partial charge in [-0.15, -0.1) is 0 Å². The summed E-state index contributed by atoms with van der Waals surface area (Å²) < 4.78 is 10.4. The van der Waals surface area contributed by atoms with Gasteiger partial charge in [0.25, 0.3) is 5.91 Å². The average Bonchev–Trinajstić information content (AvgIpc) is 2.70. The first kappa shape index (κ1) is 20.2. The van der Waals surface area contributed by atoms with Crippen LogP contribution in [0.1, 0.15) is 11.1 Å². The molecular formula is C20H17BrN2O4. The van der Waals surface area contributed by atoms with Gasteiger partial charge in [-0.3, -0.25) is 4.79 Å². The number of halogens is 1. The van der Waals surface area contributed by atoms with Crippen molar-refractivity contribution in [3.63, 3.8) is 0 Å². The zero-order valence-corrected chi connectivity index (χ0v) is 16.2. The summed E-state index contributed by atoms with van der Waals surface area (Å²) in [5.74, 6) is -0.499. The molecule has 27 heavy (non-hydrogen) atoms. The minimum Gasteiger partial charge on any atom is -0.481 e. The molecule has 0 unspecified atom stereocenters. The molecule has 0 heterocycles. The van der Waals surface area contributed by atoms with Gasteiger partial charge in [0.2, 0.25) is 0 Å². The Morgan fingerprint density at radius 2 is 1.96 bits per heavy atom. The van der Waals surface area contributed by atoms with Crippen molar-refractivity contribution in [3.05, 3.63) is 69.7 Å². The maximum Gasteiger partial charge on any atom is 0.343 e. The zero-order chi connectivity index (χ0) is 19.6. The van der Waals surface area contributed by atoms with E-state index in [1.165, 1.54) is 13.2 Å². The first-order valence-electron chi connectivity index (χ1n) is 7.96. The summed E-state index contributed by atoms with van der Waals surface area (Å²) >= 11 is 3.34. The van der Waals surface area contributed by atoms with E-state index >= 15 is 0 Å². The number of esters is 1. The lowest BCUT2D eigenvalue weighted by Gasteiger charge is -2.08. The molecule has 0 saturated carbocycles. The fraction of sp³-hybridized carbons (Fsp3) is 0.150. The van der Waals surface area contributed by atoms with Gasteiger partial charge in [0, 0.05) is 6.54 Å². The minimum absolute atomic E-state index is 0.0129. The molecule has 1 amide bonds. The van der Waals surface area contributed by atoms with Crippen LogP contribution in [0.2, 0.25) is 0 Å². The number of carbonyl (C=O) groups excluding carboxylic acids is 2. The minimum atomic E-state index is -0.493. The highest BCUT2D eigenvalue weighted by Gasteiger charge is 2.10. The number of ether oxygens (including phenoxy) is 2. The Morgan fingerprint density at radius 3 is 2.59 bits per heavy atom. The van der Waals surface area contributed by atoms with Crippen molar-refractivity contribution in [3.8, 4) is 11.8 Å². The van der Waals surface area contributed by atoms with Crippen LogP contribution < -0.4 is 10.1 Å². The molecule has 0 radical (unpaired) electrons. The molecule has 138 valence electrons. The summed E-state index contributed by atoms with van der Waals surface area (Å²) in [7, 11) is 1.28. The van der Waals surface area contributed by atoms with Gasteiger partial charge >= 0.3 is 5.97 Å². The molecular weight excluding hydrogens is 412 g/mol. The monoisotopic (exact) mass is 428 g/mol. The summed E-state index contributed by atoms with van der Waals surface area (Å²) in [5.41, 5.74) is 1.57. The number of amides is 1. The van der Waals surface area contributed by atoms with Gasteiger partial charge in [-0.1, -0.05) is 36.4 Å². The number of methoxy groups -OCH3 is 1. The molecule has 7 heteroatoms. The Kier molecular flexibility index (Phi) is 7.59. The van der Waals surface area contributed by atoms with Crippen LogP contribution in [0.3, 0.4) is 0 Å². The highest BCUT2D eigenvalue weighted by atomic mass is 79.9. The van der Waals surface area contributed by atoms with E-state index in [0.29, 0.717) is 22.3 Å². The number of nitriles is 1. The molecule has 0 saturated heterocycles. The Morgan fingerprint density at radius 1 is 1.22 bits per heavy atom. The van der Waals surface area contributed by atoms with Crippen LogP contribution in [0.25, 0.3) is 6.08 Å². The van der Waals surface area contributed by atoms with E-state index in [-0.39, 0.29) is 12.2 Å². The second-order valence-electron chi connectivity index (χ2n) is 5.39. The van der Waals surface area contributed by atoms with Gasteiger partial charge in [0.15, 0.2) is 6.61 Å². The molecule has 2 rings (SSSR count). The molecule has 0 bridgehead atoms. The van der Waals surface area contributed by atoms with Crippen LogP contribution in [-0.2, 0) is 20.9 Å². The molecule has 0 aliphatic heterocycles. The quantitative estimate of drug-likeness (QED) is 0.415. The number of hydrogen-bond acceptors (Lipinski definition) is 5. The third-order valence-electron chi connectivity index (χ3n) is 3.50. The van der Waals surface area contributed by atoms with Crippen molar-refractivity contribution in [2.24, 2.45) is 0 Å². The van der Waals surface area contributed by atoms with Crippen LogP contribution in [-0.4, -0.2) is 25.6 Å².